The predicted octanol–water partition coefficient (Wildman–Crippen LogP) is 7.05. The monoisotopic (exact) mass is 643 g/mol. The summed E-state index contributed by atoms with van der Waals surface area (Å²) in [6.45, 7) is 9.48. The van der Waals surface area contributed by atoms with Crippen molar-refractivity contribution in [3.05, 3.63) is 48.2 Å². The van der Waals surface area contributed by atoms with E-state index >= 15 is 0 Å². The van der Waals surface area contributed by atoms with Crippen LogP contribution in [0.4, 0.5) is 24.8 Å². The van der Waals surface area contributed by atoms with Crippen molar-refractivity contribution in [2.45, 2.75) is 89.0 Å². The lowest BCUT2D eigenvalue weighted by atomic mass is 9.89. The van der Waals surface area contributed by atoms with Crippen LogP contribution >= 0.6 is 11.9 Å². The molecule has 1 saturated heterocycles. The largest absolute Gasteiger partial charge is 0.477 e. The highest BCUT2D eigenvalue weighted by Crippen LogP contribution is 2.59. The summed E-state index contributed by atoms with van der Waals surface area (Å²) in [5.74, 6) is 2.59. The number of carbonyl (C=O) groups is 1. The Morgan fingerprint density at radius 2 is 1.91 bits per heavy atom. The number of carbonyl (C=O) groups excluding carboxylic acids is 1. The smallest absolute Gasteiger partial charge is 0.394 e. The van der Waals surface area contributed by atoms with Crippen LogP contribution in [0, 0.1) is 17.3 Å². The maximum Gasteiger partial charge on any atom is 0.394 e. The van der Waals surface area contributed by atoms with Gasteiger partial charge in [0.15, 0.2) is 5.82 Å². The number of amides is 1. The first-order valence-electron chi connectivity index (χ1n) is 15.6. The van der Waals surface area contributed by atoms with Crippen molar-refractivity contribution in [1.29, 1.82) is 0 Å². The minimum Gasteiger partial charge on any atom is -0.477 e. The third-order valence-corrected chi connectivity index (χ3v) is 10.1. The number of halogens is 3. The predicted molar refractivity (Wildman–Crippen MR) is 168 cm³/mol. The van der Waals surface area contributed by atoms with Crippen LogP contribution in [-0.4, -0.2) is 56.6 Å². The number of fused-ring (bicyclic) bond motifs is 6. The van der Waals surface area contributed by atoms with Crippen molar-refractivity contribution in [2.75, 3.05) is 23.4 Å². The summed E-state index contributed by atoms with van der Waals surface area (Å²) in [7, 11) is 0. The Kier molecular flexibility index (Phi) is 8.42. The van der Waals surface area contributed by atoms with Crippen molar-refractivity contribution in [1.82, 2.24) is 24.5 Å². The highest BCUT2D eigenvalue weighted by Gasteiger charge is 2.62. The lowest BCUT2D eigenvalue weighted by molar-refractivity contribution is -0.190. The Balaban J connectivity index is 1.27. The third kappa shape index (κ3) is 6.73. The van der Waals surface area contributed by atoms with Crippen molar-refractivity contribution in [2.24, 2.45) is 17.3 Å². The number of hydrogen-bond acceptors (Lipinski definition) is 8. The molecule has 13 heteroatoms. The molecule has 6 rings (SSSR count). The average Bonchev–Trinajstić information content (AvgIpc) is 3.54. The lowest BCUT2D eigenvalue weighted by Gasteiger charge is -2.34. The van der Waals surface area contributed by atoms with Crippen LogP contribution in [0.1, 0.15) is 76.6 Å². The molecule has 242 valence electrons. The second kappa shape index (κ2) is 12.0. The fraction of sp³-hybridized carbons (Fsp3) is 0.562. The van der Waals surface area contributed by atoms with Crippen LogP contribution in [0.2, 0.25) is 0 Å². The molecular weight excluding hydrogens is 603 g/mol. The maximum atomic E-state index is 13.6. The van der Waals surface area contributed by atoms with Gasteiger partial charge < -0.3 is 15.0 Å². The Morgan fingerprint density at radius 3 is 2.64 bits per heavy atom. The summed E-state index contributed by atoms with van der Waals surface area (Å²) in [6, 6.07) is 11.1. The fourth-order valence-corrected chi connectivity index (χ4v) is 7.07. The Hall–Kier alpha value is -3.48. The van der Waals surface area contributed by atoms with E-state index in [4.69, 9.17) is 14.7 Å². The molecule has 3 aromatic heterocycles. The quantitative estimate of drug-likeness (QED) is 0.276. The van der Waals surface area contributed by atoms with Crippen LogP contribution in [0.5, 0.6) is 5.88 Å². The van der Waals surface area contributed by atoms with Crippen LogP contribution in [0.3, 0.4) is 0 Å². The van der Waals surface area contributed by atoms with Crippen molar-refractivity contribution < 1.29 is 22.7 Å². The molecule has 3 aromatic rings. The summed E-state index contributed by atoms with van der Waals surface area (Å²) < 4.78 is 50.0. The molecule has 0 radical (unpaired) electrons. The number of aromatic nitrogens is 4. The SMILES string of the molecule is CC(C)C1CCC2CN(c3nc(-n4ccc(OCCC5(C(F)(F)F)CC5)n4)ccc3C(=O)NSc3cccc(n3)N1)C(C)(C)C2. The second-order valence-corrected chi connectivity index (χ2v) is 14.3. The summed E-state index contributed by atoms with van der Waals surface area (Å²) in [6.07, 6.45) is 0.604. The van der Waals surface area contributed by atoms with E-state index in [2.05, 4.69) is 47.7 Å². The molecule has 0 aromatic carbocycles. The maximum absolute atomic E-state index is 13.6. The highest BCUT2D eigenvalue weighted by molar-refractivity contribution is 7.97. The van der Waals surface area contributed by atoms with E-state index in [1.165, 1.54) is 4.68 Å². The van der Waals surface area contributed by atoms with Crippen molar-refractivity contribution >= 4 is 29.5 Å². The van der Waals surface area contributed by atoms with Gasteiger partial charge in [-0.2, -0.15) is 13.2 Å². The number of ether oxygens (including phenoxy) is 1. The number of anilines is 2. The highest BCUT2D eigenvalue weighted by atomic mass is 32.2. The van der Waals surface area contributed by atoms with Gasteiger partial charge in [0, 0.05) is 42.3 Å². The molecule has 1 saturated carbocycles. The minimum absolute atomic E-state index is 0.0692. The molecule has 9 nitrogen and oxygen atoms in total. The molecule has 2 aliphatic heterocycles. The Bertz CT molecular complexity index is 1540. The van der Waals surface area contributed by atoms with E-state index in [0.717, 1.165) is 43.6 Å². The standard InChI is InChI=1S/C32H40F3N7O2S/c1-20(2)23-10-8-21-18-30(3,4)41(19-21)28-22(29(43)40-45-27-7-5-6-24(36-23)37-27)9-11-25(38-28)42-16-12-26(39-42)44-17-15-31(13-14-31)32(33,34)35/h5-7,9,11-12,16,20-21,23H,8,10,13-15,17-19H2,1-4H3,(H,36,37)(H,40,43). The molecule has 4 bridgehead atoms. The normalized spacial score (nSPS) is 22.6. The van der Waals surface area contributed by atoms with Gasteiger partial charge in [0.25, 0.3) is 5.91 Å². The Morgan fingerprint density at radius 1 is 1.11 bits per heavy atom. The Labute approximate surface area is 265 Å². The lowest BCUT2D eigenvalue weighted by Crippen LogP contribution is -2.40. The van der Waals surface area contributed by atoms with Crippen LogP contribution in [0.15, 0.2) is 47.6 Å². The zero-order valence-electron chi connectivity index (χ0n) is 26.0. The van der Waals surface area contributed by atoms with E-state index in [-0.39, 0.29) is 49.2 Å². The van der Waals surface area contributed by atoms with E-state index in [9.17, 15) is 18.0 Å². The summed E-state index contributed by atoms with van der Waals surface area (Å²) in [5.41, 5.74) is -1.43. The topological polar surface area (TPSA) is 97.2 Å². The molecule has 45 heavy (non-hydrogen) atoms. The molecule has 2 unspecified atom stereocenters. The average molecular weight is 644 g/mol. The summed E-state index contributed by atoms with van der Waals surface area (Å²) in [5, 5.41) is 8.73. The molecular formula is C32H40F3N7O2S. The molecule has 2 fully saturated rings. The second-order valence-electron chi connectivity index (χ2n) is 13.5. The van der Waals surface area contributed by atoms with Gasteiger partial charge in [-0.3, -0.25) is 9.52 Å². The first kappa shape index (κ1) is 31.5. The van der Waals surface area contributed by atoms with Crippen LogP contribution in [-0.2, 0) is 0 Å². The molecule has 2 N–H and O–H groups in total. The van der Waals surface area contributed by atoms with Crippen LogP contribution < -0.4 is 19.7 Å². The van der Waals surface area contributed by atoms with Gasteiger partial charge in [-0.15, -0.1) is 5.10 Å². The first-order valence-corrected chi connectivity index (χ1v) is 16.4. The number of alkyl halides is 3. The molecule has 0 spiro atoms. The van der Waals surface area contributed by atoms with Crippen molar-refractivity contribution in [3.63, 3.8) is 0 Å². The van der Waals surface area contributed by atoms with E-state index < -0.39 is 11.6 Å². The molecule has 1 amide bonds. The number of nitrogens with zero attached hydrogens (tertiary/aromatic N) is 5. The third-order valence-electron chi connectivity index (χ3n) is 9.40. The molecule has 3 aliphatic rings. The van der Waals surface area contributed by atoms with E-state index in [1.807, 2.05) is 18.2 Å². The van der Waals surface area contributed by atoms with Crippen molar-refractivity contribution in [3.8, 4) is 11.7 Å². The van der Waals surface area contributed by atoms with E-state index in [0.29, 0.717) is 34.1 Å². The van der Waals surface area contributed by atoms with Gasteiger partial charge in [0.2, 0.25) is 5.88 Å². The summed E-state index contributed by atoms with van der Waals surface area (Å²) in [4.78, 5) is 25.5. The van der Waals surface area contributed by atoms with Crippen LogP contribution in [0.25, 0.3) is 5.82 Å². The molecule has 5 heterocycles. The molecule has 1 aliphatic carbocycles. The van der Waals surface area contributed by atoms with E-state index in [1.54, 1.807) is 24.4 Å². The van der Waals surface area contributed by atoms with Gasteiger partial charge in [-0.05, 0) is 88.5 Å². The first-order chi connectivity index (χ1) is 21.3. The van der Waals surface area contributed by atoms with Gasteiger partial charge in [-0.25, -0.2) is 14.6 Å². The number of hydrogen-bond donors (Lipinski definition) is 2. The zero-order valence-corrected chi connectivity index (χ0v) is 26.8. The fourth-order valence-electron chi connectivity index (χ4n) is 6.47. The number of rotatable bonds is 6. The summed E-state index contributed by atoms with van der Waals surface area (Å²) >= 11 is 1.16. The minimum atomic E-state index is -4.21. The van der Waals surface area contributed by atoms with Gasteiger partial charge >= 0.3 is 6.18 Å². The zero-order chi connectivity index (χ0) is 32.0. The van der Waals surface area contributed by atoms with Gasteiger partial charge in [0.05, 0.1) is 17.6 Å². The molecule has 2 atom stereocenters. The number of nitrogens with one attached hydrogen (secondary N) is 2. The van der Waals surface area contributed by atoms with Gasteiger partial charge in [0.1, 0.15) is 16.7 Å². The number of pyridine rings is 2. The van der Waals surface area contributed by atoms with Gasteiger partial charge in [-0.1, -0.05) is 19.9 Å².